The highest BCUT2D eigenvalue weighted by Gasteiger charge is 2.62. The Hall–Kier alpha value is -0.380. The number of amides is 1. The van der Waals surface area contributed by atoms with E-state index in [0.29, 0.717) is 41.9 Å². The molecule has 1 amide bonds. The van der Waals surface area contributed by atoms with Crippen molar-refractivity contribution in [3.63, 3.8) is 0 Å². The SMILES string of the molecule is CN1C(=O)CC[C@]2(C)C3CC[C@]4(CCBr)C(=O)CCC4C3CCC12. The fourth-order valence-electron chi connectivity index (χ4n) is 7.36. The summed E-state index contributed by atoms with van der Waals surface area (Å²) in [7, 11) is 2.02. The number of ketones is 1. The molecule has 4 aliphatic rings. The van der Waals surface area contributed by atoms with E-state index in [0.717, 1.165) is 43.9 Å². The van der Waals surface area contributed by atoms with E-state index in [-0.39, 0.29) is 10.8 Å². The summed E-state index contributed by atoms with van der Waals surface area (Å²) in [4.78, 5) is 27.0. The second-order valence-electron chi connectivity index (χ2n) is 9.08. The number of carbonyl (C=O) groups excluding carboxylic acids is 2. The fourth-order valence-corrected chi connectivity index (χ4v) is 8.06. The Morgan fingerprint density at radius 2 is 1.88 bits per heavy atom. The van der Waals surface area contributed by atoms with Crippen LogP contribution in [0.2, 0.25) is 0 Å². The highest BCUT2D eigenvalue weighted by atomic mass is 79.9. The maximum absolute atomic E-state index is 12.8. The molecule has 0 aromatic carbocycles. The van der Waals surface area contributed by atoms with Gasteiger partial charge in [-0.1, -0.05) is 22.9 Å². The van der Waals surface area contributed by atoms with Gasteiger partial charge in [0.15, 0.2) is 0 Å². The first-order valence-electron chi connectivity index (χ1n) is 9.79. The second-order valence-corrected chi connectivity index (χ2v) is 9.87. The van der Waals surface area contributed by atoms with Crippen LogP contribution >= 0.6 is 15.9 Å². The number of nitrogens with zero attached hydrogens (tertiary/aromatic N) is 1. The van der Waals surface area contributed by atoms with E-state index in [2.05, 4.69) is 27.8 Å². The molecule has 1 saturated heterocycles. The molecule has 134 valence electrons. The van der Waals surface area contributed by atoms with Gasteiger partial charge in [-0.15, -0.1) is 0 Å². The zero-order chi connectivity index (χ0) is 17.1. The topological polar surface area (TPSA) is 37.4 Å². The van der Waals surface area contributed by atoms with Crippen molar-refractivity contribution in [1.29, 1.82) is 0 Å². The lowest BCUT2D eigenvalue weighted by Crippen LogP contribution is -2.61. The van der Waals surface area contributed by atoms with Gasteiger partial charge < -0.3 is 4.90 Å². The zero-order valence-corrected chi connectivity index (χ0v) is 16.6. The summed E-state index contributed by atoms with van der Waals surface area (Å²) in [5.41, 5.74) is 0.238. The molecule has 3 nitrogen and oxygen atoms in total. The first-order valence-corrected chi connectivity index (χ1v) is 10.9. The molecule has 0 spiro atoms. The van der Waals surface area contributed by atoms with Gasteiger partial charge in [-0.05, 0) is 68.1 Å². The standard InChI is InChI=1S/C20H30BrNO2/c1-19-9-8-18(24)22(2)16(19)5-3-13-14(19)7-10-20(11-12-21)15(13)4-6-17(20)23/h13-16H,3-12H2,1-2H3/t13?,14?,15?,16?,19-,20-/m1/s1. The van der Waals surface area contributed by atoms with Crippen molar-refractivity contribution in [2.45, 2.75) is 70.8 Å². The molecule has 4 unspecified atom stereocenters. The Kier molecular flexibility index (Phi) is 4.14. The molecule has 24 heavy (non-hydrogen) atoms. The lowest BCUT2D eigenvalue weighted by Gasteiger charge is -2.61. The number of hydrogen-bond donors (Lipinski definition) is 0. The predicted molar refractivity (Wildman–Crippen MR) is 97.9 cm³/mol. The van der Waals surface area contributed by atoms with Crippen LogP contribution in [-0.4, -0.2) is 35.0 Å². The van der Waals surface area contributed by atoms with Crippen LogP contribution in [-0.2, 0) is 9.59 Å². The molecule has 6 atom stereocenters. The third kappa shape index (κ3) is 2.13. The third-order valence-corrected chi connectivity index (χ3v) is 8.94. The molecular formula is C20H30BrNO2. The highest BCUT2D eigenvalue weighted by Crippen LogP contribution is 2.64. The average molecular weight is 396 g/mol. The van der Waals surface area contributed by atoms with E-state index in [9.17, 15) is 9.59 Å². The third-order valence-electron chi connectivity index (χ3n) is 8.54. The van der Waals surface area contributed by atoms with Gasteiger partial charge in [-0.25, -0.2) is 0 Å². The van der Waals surface area contributed by atoms with E-state index >= 15 is 0 Å². The summed E-state index contributed by atoms with van der Waals surface area (Å²) < 4.78 is 0. The van der Waals surface area contributed by atoms with Crippen LogP contribution in [0.25, 0.3) is 0 Å². The minimum atomic E-state index is -0.0236. The summed E-state index contributed by atoms with van der Waals surface area (Å²) in [6.07, 6.45) is 9.33. The quantitative estimate of drug-likeness (QED) is 0.657. The van der Waals surface area contributed by atoms with Crippen molar-refractivity contribution in [2.75, 3.05) is 12.4 Å². The van der Waals surface area contributed by atoms with Gasteiger partial charge in [0.2, 0.25) is 5.91 Å². The Balaban J connectivity index is 1.66. The van der Waals surface area contributed by atoms with Crippen LogP contribution in [0.1, 0.15) is 64.7 Å². The smallest absolute Gasteiger partial charge is 0.222 e. The van der Waals surface area contributed by atoms with E-state index < -0.39 is 0 Å². The molecule has 0 aromatic rings. The number of hydrogen-bond acceptors (Lipinski definition) is 2. The maximum atomic E-state index is 12.8. The summed E-state index contributed by atoms with van der Waals surface area (Å²) in [5.74, 6) is 2.88. The highest BCUT2D eigenvalue weighted by molar-refractivity contribution is 9.09. The maximum Gasteiger partial charge on any atom is 0.222 e. The van der Waals surface area contributed by atoms with Gasteiger partial charge in [-0.2, -0.15) is 0 Å². The predicted octanol–water partition coefficient (Wildman–Crippen LogP) is 4.18. The van der Waals surface area contributed by atoms with Crippen LogP contribution in [0.5, 0.6) is 0 Å². The Morgan fingerprint density at radius 3 is 2.62 bits per heavy atom. The van der Waals surface area contributed by atoms with Crippen molar-refractivity contribution in [3.8, 4) is 0 Å². The number of halogens is 1. The molecule has 4 rings (SSSR count). The van der Waals surface area contributed by atoms with Crippen molar-refractivity contribution in [2.24, 2.45) is 28.6 Å². The van der Waals surface area contributed by atoms with E-state index in [1.54, 1.807) is 0 Å². The molecule has 0 bridgehead atoms. The summed E-state index contributed by atoms with van der Waals surface area (Å²) in [5, 5.41) is 0.948. The molecule has 0 radical (unpaired) electrons. The van der Waals surface area contributed by atoms with E-state index in [1.165, 1.54) is 12.8 Å². The number of fused-ring (bicyclic) bond motifs is 5. The normalized spacial score (nSPS) is 48.0. The summed E-state index contributed by atoms with van der Waals surface area (Å²) >= 11 is 3.62. The lowest BCUT2D eigenvalue weighted by molar-refractivity contribution is -0.159. The number of rotatable bonds is 2. The number of likely N-dealkylation sites (tertiary alicyclic amines) is 1. The first kappa shape index (κ1) is 17.1. The molecule has 3 aliphatic carbocycles. The van der Waals surface area contributed by atoms with Crippen LogP contribution < -0.4 is 0 Å². The van der Waals surface area contributed by atoms with Crippen LogP contribution in [0.3, 0.4) is 0 Å². The van der Waals surface area contributed by atoms with Gasteiger partial charge in [0, 0.05) is 36.7 Å². The van der Waals surface area contributed by atoms with Crippen molar-refractivity contribution in [1.82, 2.24) is 4.90 Å². The zero-order valence-electron chi connectivity index (χ0n) is 15.0. The van der Waals surface area contributed by atoms with Crippen LogP contribution in [0, 0.1) is 28.6 Å². The second kappa shape index (κ2) is 5.82. The van der Waals surface area contributed by atoms with Crippen molar-refractivity contribution in [3.05, 3.63) is 0 Å². The number of piperidine rings is 1. The number of Topliss-reactive ketones (excluding diaryl/α,β-unsaturated/α-hetero) is 1. The van der Waals surface area contributed by atoms with Gasteiger partial charge in [-0.3, -0.25) is 9.59 Å². The number of alkyl halides is 1. The molecule has 0 N–H and O–H groups in total. The van der Waals surface area contributed by atoms with Crippen LogP contribution in [0.4, 0.5) is 0 Å². The molecular weight excluding hydrogens is 366 g/mol. The van der Waals surface area contributed by atoms with Gasteiger partial charge >= 0.3 is 0 Å². The molecule has 3 saturated carbocycles. The number of carbonyl (C=O) groups is 2. The summed E-state index contributed by atoms with van der Waals surface area (Å²) in [6.45, 7) is 2.45. The molecule has 1 heterocycles. The average Bonchev–Trinajstić information content (AvgIpc) is 2.89. The van der Waals surface area contributed by atoms with Gasteiger partial charge in [0.25, 0.3) is 0 Å². The van der Waals surface area contributed by atoms with E-state index in [1.807, 2.05) is 7.05 Å². The first-order chi connectivity index (χ1) is 11.4. The minimum Gasteiger partial charge on any atom is -0.342 e. The fraction of sp³-hybridized carbons (Fsp3) is 0.900. The van der Waals surface area contributed by atoms with E-state index in [4.69, 9.17) is 0 Å². The Bertz CT molecular complexity index is 564. The van der Waals surface area contributed by atoms with Gasteiger partial charge in [0.1, 0.15) is 5.78 Å². The monoisotopic (exact) mass is 395 g/mol. The van der Waals surface area contributed by atoms with Crippen LogP contribution in [0.15, 0.2) is 0 Å². The lowest BCUT2D eigenvalue weighted by atomic mass is 9.47. The largest absolute Gasteiger partial charge is 0.342 e. The molecule has 1 aliphatic heterocycles. The molecule has 0 aromatic heterocycles. The van der Waals surface area contributed by atoms with Crippen molar-refractivity contribution >= 4 is 27.6 Å². The molecule has 4 heteroatoms. The summed E-state index contributed by atoms with van der Waals surface area (Å²) in [6, 6.07) is 0.417. The van der Waals surface area contributed by atoms with Crippen molar-refractivity contribution < 1.29 is 9.59 Å². The van der Waals surface area contributed by atoms with Gasteiger partial charge in [0.05, 0.1) is 0 Å². The Labute approximate surface area is 154 Å². The molecule has 4 fully saturated rings. The Morgan fingerprint density at radius 1 is 1.08 bits per heavy atom. The minimum absolute atomic E-state index is 0.0236.